The van der Waals surface area contributed by atoms with Crippen LogP contribution in [0.2, 0.25) is 0 Å². The number of aromatic nitrogens is 2. The number of imidazole rings is 1. The number of aromatic amines is 1. The Morgan fingerprint density at radius 2 is 1.90 bits per heavy atom. The second-order valence-corrected chi connectivity index (χ2v) is 7.33. The minimum absolute atomic E-state index is 0.0519. The van der Waals surface area contributed by atoms with Crippen LogP contribution in [0.25, 0.3) is 0 Å². The molecule has 1 aliphatic heterocycles. The zero-order valence-corrected chi connectivity index (χ0v) is 16.8. The topological polar surface area (TPSA) is 130 Å². The molecule has 0 spiro atoms. The largest absolute Gasteiger partial charge is 0.378 e. The molecular weight excluding hydrogens is 386 g/mol. The van der Waals surface area contributed by atoms with Gasteiger partial charge in [0.15, 0.2) is 0 Å². The molecule has 2 heterocycles. The van der Waals surface area contributed by atoms with E-state index >= 15 is 0 Å². The molecule has 30 heavy (non-hydrogen) atoms. The first-order valence-corrected chi connectivity index (χ1v) is 9.99. The van der Waals surface area contributed by atoms with Crippen LogP contribution in [0.3, 0.4) is 0 Å². The van der Waals surface area contributed by atoms with Crippen molar-refractivity contribution in [2.24, 2.45) is 11.7 Å². The maximum Gasteiger partial charge on any atom is 0.240 e. The molecule has 3 amide bonds. The van der Waals surface area contributed by atoms with Crippen molar-refractivity contribution >= 4 is 17.7 Å². The molecule has 1 fully saturated rings. The van der Waals surface area contributed by atoms with Crippen molar-refractivity contribution in [3.05, 3.63) is 54.1 Å². The first-order chi connectivity index (χ1) is 14.5. The van der Waals surface area contributed by atoms with Crippen LogP contribution < -0.4 is 11.1 Å². The average molecular weight is 413 g/mol. The predicted octanol–water partition coefficient (Wildman–Crippen LogP) is 0.0301. The van der Waals surface area contributed by atoms with E-state index in [9.17, 15) is 14.4 Å². The molecule has 1 aromatic carbocycles. The molecule has 2 aromatic rings. The highest BCUT2D eigenvalue weighted by Crippen LogP contribution is 2.16. The Hall–Kier alpha value is -3.20. The molecule has 4 N–H and O–H groups in total. The summed E-state index contributed by atoms with van der Waals surface area (Å²) in [6.07, 6.45) is 3.71. The number of ether oxygens (including phenoxy) is 1. The minimum Gasteiger partial charge on any atom is -0.378 e. The van der Waals surface area contributed by atoms with Gasteiger partial charge in [0.1, 0.15) is 6.04 Å². The van der Waals surface area contributed by atoms with Crippen LogP contribution in [0, 0.1) is 5.92 Å². The molecule has 1 aromatic heterocycles. The van der Waals surface area contributed by atoms with Crippen LogP contribution in [0.1, 0.15) is 17.7 Å². The van der Waals surface area contributed by atoms with Crippen LogP contribution in [-0.2, 0) is 32.0 Å². The molecule has 0 radical (unpaired) electrons. The molecule has 3 rings (SSSR count). The zero-order chi connectivity index (χ0) is 21.3. The fraction of sp³-hybridized carbons (Fsp3) is 0.429. The third-order valence-electron chi connectivity index (χ3n) is 5.12. The molecule has 160 valence electrons. The highest BCUT2D eigenvalue weighted by Gasteiger charge is 2.29. The molecule has 0 saturated carbocycles. The van der Waals surface area contributed by atoms with Gasteiger partial charge in [-0.1, -0.05) is 30.3 Å². The van der Waals surface area contributed by atoms with E-state index in [0.29, 0.717) is 38.4 Å². The number of H-pyrrole nitrogens is 1. The van der Waals surface area contributed by atoms with Crippen LogP contribution in [0.5, 0.6) is 0 Å². The van der Waals surface area contributed by atoms with Gasteiger partial charge in [0.05, 0.1) is 25.5 Å². The lowest BCUT2D eigenvalue weighted by molar-refractivity contribution is -0.139. The number of nitrogens with one attached hydrogen (secondary N) is 2. The van der Waals surface area contributed by atoms with Gasteiger partial charge < -0.3 is 25.7 Å². The van der Waals surface area contributed by atoms with E-state index in [1.807, 2.05) is 30.3 Å². The van der Waals surface area contributed by atoms with Crippen molar-refractivity contribution < 1.29 is 19.1 Å². The van der Waals surface area contributed by atoms with Gasteiger partial charge in [-0.3, -0.25) is 14.4 Å². The number of rotatable bonds is 9. The van der Waals surface area contributed by atoms with Gasteiger partial charge in [-0.15, -0.1) is 0 Å². The summed E-state index contributed by atoms with van der Waals surface area (Å²) in [5.74, 6) is -1.73. The summed E-state index contributed by atoms with van der Waals surface area (Å²) >= 11 is 0. The number of primary amides is 1. The Kier molecular flexibility index (Phi) is 7.56. The van der Waals surface area contributed by atoms with E-state index in [1.165, 1.54) is 6.33 Å². The minimum atomic E-state index is -0.894. The van der Waals surface area contributed by atoms with Gasteiger partial charge in [0.2, 0.25) is 17.7 Å². The lowest BCUT2D eigenvalue weighted by Gasteiger charge is -2.28. The van der Waals surface area contributed by atoms with E-state index in [-0.39, 0.29) is 24.7 Å². The van der Waals surface area contributed by atoms with Crippen molar-refractivity contribution in [1.82, 2.24) is 20.2 Å². The highest BCUT2D eigenvalue weighted by molar-refractivity contribution is 5.90. The van der Waals surface area contributed by atoms with Crippen LogP contribution >= 0.6 is 0 Å². The summed E-state index contributed by atoms with van der Waals surface area (Å²) in [4.78, 5) is 46.3. The summed E-state index contributed by atoms with van der Waals surface area (Å²) in [5, 5.41) is 2.73. The van der Waals surface area contributed by atoms with Crippen molar-refractivity contribution in [2.45, 2.75) is 25.3 Å². The standard InChI is InChI=1S/C21H27N5O4/c22-20(28)18(12-17-13-23-14-24-17)25-21(29)16(10-15-4-2-1-3-5-15)11-19(27)26-6-8-30-9-7-26/h1-5,13-14,16,18H,6-12H2,(H2,22,28)(H,23,24)(H,25,29)/t16-,18?/m1/s1. The molecule has 0 bridgehead atoms. The van der Waals surface area contributed by atoms with Crippen molar-refractivity contribution in [3.63, 3.8) is 0 Å². The monoisotopic (exact) mass is 413 g/mol. The van der Waals surface area contributed by atoms with Crippen molar-refractivity contribution in [3.8, 4) is 0 Å². The lowest BCUT2D eigenvalue weighted by Crippen LogP contribution is -2.49. The predicted molar refractivity (Wildman–Crippen MR) is 109 cm³/mol. The Morgan fingerprint density at radius 3 is 2.53 bits per heavy atom. The second-order valence-electron chi connectivity index (χ2n) is 7.33. The highest BCUT2D eigenvalue weighted by atomic mass is 16.5. The number of carbonyl (C=O) groups excluding carboxylic acids is 3. The van der Waals surface area contributed by atoms with Gasteiger partial charge in [-0.25, -0.2) is 4.98 Å². The maximum atomic E-state index is 13.1. The van der Waals surface area contributed by atoms with Crippen molar-refractivity contribution in [2.75, 3.05) is 26.3 Å². The summed E-state index contributed by atoms with van der Waals surface area (Å²) < 4.78 is 5.29. The molecular formula is C21H27N5O4. The number of nitrogens with two attached hydrogens (primary N) is 1. The first-order valence-electron chi connectivity index (χ1n) is 9.99. The number of benzene rings is 1. The van der Waals surface area contributed by atoms with E-state index in [0.717, 1.165) is 5.56 Å². The van der Waals surface area contributed by atoms with E-state index in [2.05, 4.69) is 15.3 Å². The fourth-order valence-electron chi connectivity index (χ4n) is 3.44. The zero-order valence-electron chi connectivity index (χ0n) is 16.8. The van der Waals surface area contributed by atoms with Crippen molar-refractivity contribution in [1.29, 1.82) is 0 Å². The average Bonchev–Trinajstić information content (AvgIpc) is 3.27. The first kappa shape index (κ1) is 21.5. The second kappa shape index (κ2) is 10.5. The summed E-state index contributed by atoms with van der Waals surface area (Å²) in [7, 11) is 0. The van der Waals surface area contributed by atoms with E-state index in [4.69, 9.17) is 10.5 Å². The Balaban J connectivity index is 1.70. The maximum absolute atomic E-state index is 13.1. The van der Waals surface area contributed by atoms with Crippen LogP contribution in [0.15, 0.2) is 42.9 Å². The van der Waals surface area contributed by atoms with E-state index < -0.39 is 17.9 Å². The van der Waals surface area contributed by atoms with Crippen LogP contribution in [0.4, 0.5) is 0 Å². The van der Waals surface area contributed by atoms with Gasteiger partial charge >= 0.3 is 0 Å². The normalized spacial score (nSPS) is 15.9. The fourth-order valence-corrected chi connectivity index (χ4v) is 3.44. The van der Waals surface area contributed by atoms with E-state index in [1.54, 1.807) is 11.1 Å². The SMILES string of the molecule is NC(=O)C(Cc1cnc[nH]1)NC(=O)[C@@H](CC(=O)N1CCOCC1)Cc1ccccc1. The molecule has 9 heteroatoms. The third kappa shape index (κ3) is 6.15. The third-order valence-corrected chi connectivity index (χ3v) is 5.12. The van der Waals surface area contributed by atoms with Crippen LogP contribution in [-0.4, -0.2) is 64.9 Å². The Bertz CT molecular complexity index is 834. The smallest absolute Gasteiger partial charge is 0.240 e. The van der Waals surface area contributed by atoms with Gasteiger partial charge in [-0.2, -0.15) is 0 Å². The number of nitrogens with zero attached hydrogens (tertiary/aromatic N) is 2. The van der Waals surface area contributed by atoms with Gasteiger partial charge in [-0.05, 0) is 12.0 Å². The van der Waals surface area contributed by atoms with Gasteiger partial charge in [0.25, 0.3) is 0 Å². The quantitative estimate of drug-likeness (QED) is 0.534. The number of hydrogen-bond acceptors (Lipinski definition) is 5. The molecule has 1 unspecified atom stereocenters. The molecule has 0 aliphatic carbocycles. The number of morpholine rings is 1. The summed E-state index contributed by atoms with van der Waals surface area (Å²) in [5.41, 5.74) is 7.12. The molecule has 2 atom stereocenters. The summed E-state index contributed by atoms with van der Waals surface area (Å²) in [6, 6.07) is 8.60. The number of hydrogen-bond donors (Lipinski definition) is 3. The number of amides is 3. The lowest BCUT2D eigenvalue weighted by atomic mass is 9.94. The Morgan fingerprint density at radius 1 is 1.17 bits per heavy atom. The Labute approximate surface area is 175 Å². The molecule has 1 saturated heterocycles. The number of carbonyl (C=O) groups is 3. The summed E-state index contributed by atoms with van der Waals surface area (Å²) in [6.45, 7) is 2.02. The molecule has 1 aliphatic rings. The molecule has 9 nitrogen and oxygen atoms in total. The van der Waals surface area contributed by atoms with Gasteiger partial charge in [0, 0.05) is 37.8 Å².